The van der Waals surface area contributed by atoms with Crippen LogP contribution in [0.5, 0.6) is 0 Å². The van der Waals surface area contributed by atoms with Crippen molar-refractivity contribution in [3.63, 3.8) is 0 Å². The van der Waals surface area contributed by atoms with E-state index < -0.39 is 242 Å². The Morgan fingerprint density at radius 3 is 1.75 bits per heavy atom. The molecule has 10 aromatic rings. The highest BCUT2D eigenvalue weighted by Crippen LogP contribution is 2.37. The summed E-state index contributed by atoms with van der Waals surface area (Å²) in [5.74, 6) is -10.1. The monoisotopic (exact) mass is 1520 g/mol. The molecule has 0 saturated carbocycles. The number of likely N-dealkylation sites (tertiary alicyclic amines) is 2. The minimum atomic E-state index is -5.42. The summed E-state index contributed by atoms with van der Waals surface area (Å²) in [6.45, 7) is -5.05. The predicted octanol–water partition coefficient (Wildman–Crippen LogP) is 17.7. The first kappa shape index (κ1) is 53.7. The fraction of sp³-hybridized carbons (Fsp3) is 0.317. The molecule has 2 aromatic heterocycles. The highest BCUT2D eigenvalue weighted by atomic mass is 32.2. The number of pyridine rings is 2. The lowest BCUT2D eigenvalue weighted by Crippen LogP contribution is -2.49. The Bertz CT molecular complexity index is 6040. The summed E-state index contributed by atoms with van der Waals surface area (Å²) >= 11 is 0.971. The Balaban J connectivity index is 0.000000256. The van der Waals surface area contributed by atoms with E-state index in [1.165, 1.54) is 61.4 Å². The summed E-state index contributed by atoms with van der Waals surface area (Å²) in [4.78, 5) is 63.4. The molecule has 2 aliphatic rings. The van der Waals surface area contributed by atoms with Gasteiger partial charge >= 0.3 is 12.4 Å². The topological polar surface area (TPSA) is 110 Å². The first-order chi connectivity index (χ1) is 59.8. The van der Waals surface area contributed by atoms with Gasteiger partial charge in [0.2, 0.25) is 11.8 Å². The highest BCUT2D eigenvalue weighted by Gasteiger charge is 2.35. The van der Waals surface area contributed by atoms with Crippen LogP contribution in [0.1, 0.15) is 108 Å². The summed E-state index contributed by atoms with van der Waals surface area (Å²) in [6.07, 6.45) is -9.52. The standard InChI is InChI=1S/2C41H40F5N3O3S/c1-27(28-10-12-29(13-11-28)30-14-16-32(17-15-30)41(44,45)46)49(33-18-20-47(21-19-33)22-23-52-2)38(51)25-48-36-9-4-3-7-34(36)37(50)24-39(48)53-26-31-6-5-8-35(42)40(31)43;1-27-6-15-36-34(22-27)37(50)23-39(53-26-31-4-3-5-35(42)40(31)43)49(36)25-38(51)48(33-16-18-47(19-17-33)20-21-52-2)24-28-7-9-29(10-8-28)30-11-13-32(14-12-30)41(44,45)46/h3-17,24,27,33H,18-23,25-26H2,1-2H3;3-15,22-23,33H,16-21,24-26H2,1-2H3/i25D2,27D;3D,4D,5D,6D,7D,8D,9D,10D,11D,12D,13D,14D,15D,22D,23D,24D2,25D2. The van der Waals surface area contributed by atoms with Crippen molar-refractivity contribution >= 4 is 57.1 Å². The second kappa shape index (κ2) is 35.1. The Labute approximate surface area is 647 Å². The largest absolute Gasteiger partial charge is 0.416 e. The number of rotatable bonds is 24. The number of carbonyl (C=O) groups excluding carboxylic acids is 2. The molecule has 0 aliphatic carbocycles. The Hall–Kier alpha value is -9.04. The quantitative estimate of drug-likeness (QED) is 0.0428. The van der Waals surface area contributed by atoms with E-state index in [-0.39, 0.29) is 86.6 Å². The molecule has 0 spiro atoms. The van der Waals surface area contributed by atoms with Crippen LogP contribution < -0.4 is 10.9 Å². The smallest absolute Gasteiger partial charge is 0.383 e. The van der Waals surface area contributed by atoms with Crippen molar-refractivity contribution in [2.75, 3.05) is 66.7 Å². The van der Waals surface area contributed by atoms with Crippen LogP contribution in [0.3, 0.4) is 0 Å². The Morgan fingerprint density at radius 1 is 0.575 bits per heavy atom. The van der Waals surface area contributed by atoms with Crippen molar-refractivity contribution in [2.45, 2.75) is 111 Å². The van der Waals surface area contributed by atoms with Gasteiger partial charge in [-0.3, -0.25) is 19.2 Å². The number of halogens is 10. The molecular weight excluding hydrogens is 1420 g/mol. The van der Waals surface area contributed by atoms with Crippen molar-refractivity contribution in [1.82, 2.24) is 28.7 Å². The van der Waals surface area contributed by atoms with Crippen LogP contribution in [-0.4, -0.2) is 119 Å². The van der Waals surface area contributed by atoms with Gasteiger partial charge in [-0.25, -0.2) is 17.6 Å². The van der Waals surface area contributed by atoms with Gasteiger partial charge in [0.1, 0.15) is 13.0 Å². The van der Waals surface area contributed by atoms with E-state index in [2.05, 4.69) is 4.90 Å². The van der Waals surface area contributed by atoms with Gasteiger partial charge in [0.05, 0.1) is 81.6 Å². The number of methoxy groups -OCH3 is 2. The lowest BCUT2D eigenvalue weighted by atomic mass is 9.96. The van der Waals surface area contributed by atoms with Crippen LogP contribution in [0.25, 0.3) is 44.1 Å². The second-order valence-corrected chi connectivity index (χ2v) is 26.3. The van der Waals surface area contributed by atoms with Crippen molar-refractivity contribution in [2.24, 2.45) is 0 Å². The van der Waals surface area contributed by atoms with Gasteiger partial charge in [-0.1, -0.05) is 121 Å². The molecule has 0 radical (unpaired) electrons. The van der Waals surface area contributed by atoms with Crippen molar-refractivity contribution in [3.05, 3.63) is 270 Å². The van der Waals surface area contributed by atoms with E-state index in [4.69, 9.17) is 30.0 Å². The van der Waals surface area contributed by atoms with Gasteiger partial charge in [0, 0.05) is 118 Å². The van der Waals surface area contributed by atoms with E-state index in [0.29, 0.717) is 62.3 Å². The summed E-state index contributed by atoms with van der Waals surface area (Å²) in [5.41, 5.74) is -8.92. The average molecular weight is 1520 g/mol. The maximum Gasteiger partial charge on any atom is 0.416 e. The first-order valence-corrected chi connectivity index (χ1v) is 34.8. The van der Waals surface area contributed by atoms with E-state index in [1.807, 2.05) is 4.90 Å². The molecule has 2 aliphatic heterocycles. The Morgan fingerprint density at radius 2 is 1.13 bits per heavy atom. The minimum Gasteiger partial charge on any atom is -0.383 e. The molecule has 4 heterocycles. The number of hydrogen-bond acceptors (Lipinski definition) is 10. The number of alkyl halides is 6. The van der Waals surface area contributed by atoms with Gasteiger partial charge in [0.25, 0.3) is 0 Å². The third-order valence-electron chi connectivity index (χ3n) is 17.4. The molecule has 2 saturated heterocycles. The number of aromatic nitrogens is 2. The maximum atomic E-state index is 15.5. The second-order valence-electron chi connectivity index (χ2n) is 24.3. The summed E-state index contributed by atoms with van der Waals surface area (Å²) in [6, 6.07) is -0.515. The molecule has 556 valence electrons. The fourth-order valence-corrected chi connectivity index (χ4v) is 13.7. The molecule has 12 nitrogen and oxygen atoms in total. The normalized spacial score (nSPS) is 18.1. The summed E-state index contributed by atoms with van der Waals surface area (Å²) in [5, 5.41) is -1.75. The third kappa shape index (κ3) is 19.2. The molecule has 1 unspecified atom stereocenters. The van der Waals surface area contributed by atoms with Gasteiger partial charge in [-0.2, -0.15) is 26.3 Å². The van der Waals surface area contributed by atoms with Crippen LogP contribution in [0.2, 0.25) is 0 Å². The van der Waals surface area contributed by atoms with Gasteiger partial charge in [-0.15, -0.1) is 23.5 Å². The molecule has 24 heteroatoms. The predicted molar refractivity (Wildman–Crippen MR) is 395 cm³/mol. The lowest BCUT2D eigenvalue weighted by Gasteiger charge is -2.42. The zero-order valence-corrected chi connectivity index (χ0v) is 58.7. The van der Waals surface area contributed by atoms with Crippen LogP contribution in [0.15, 0.2) is 207 Å². The molecule has 1 atom stereocenters. The number of piperidine rings is 2. The number of fused-ring (bicyclic) bond motifs is 2. The van der Waals surface area contributed by atoms with Gasteiger partial charge < -0.3 is 38.2 Å². The van der Waals surface area contributed by atoms with Gasteiger partial charge in [-0.05, 0) is 133 Å². The number of para-hydroxylation sites is 1. The highest BCUT2D eigenvalue weighted by molar-refractivity contribution is 7.98. The van der Waals surface area contributed by atoms with E-state index in [0.717, 1.165) is 41.5 Å². The number of ether oxygens (including phenoxy) is 2. The van der Waals surface area contributed by atoms with Crippen molar-refractivity contribution in [3.8, 4) is 22.3 Å². The minimum absolute atomic E-state index is 0.00220. The maximum absolute atomic E-state index is 15.5. The zero-order chi connectivity index (χ0) is 94.8. The van der Waals surface area contributed by atoms with Crippen molar-refractivity contribution in [1.29, 1.82) is 0 Å². The van der Waals surface area contributed by atoms with E-state index in [1.54, 1.807) is 43.5 Å². The molecule has 8 aromatic carbocycles. The van der Waals surface area contributed by atoms with Gasteiger partial charge in [0.15, 0.2) is 34.1 Å². The molecule has 0 N–H and O–H groups in total. The molecule has 2 amide bonds. The molecule has 0 bridgehead atoms. The number of amides is 2. The lowest BCUT2D eigenvalue weighted by molar-refractivity contribution is -0.138. The molecule has 12 rings (SSSR count). The Kier molecular flexibility index (Phi) is 17.8. The van der Waals surface area contributed by atoms with E-state index in [9.17, 15) is 58.7 Å². The number of carbonyl (C=O) groups is 2. The number of thioether (sulfide) groups is 2. The summed E-state index contributed by atoms with van der Waals surface area (Å²) in [7, 11) is 3.02. The number of nitrogens with zero attached hydrogens (tertiary/aromatic N) is 6. The zero-order valence-electron chi connectivity index (χ0n) is 79.0. The third-order valence-corrected chi connectivity index (χ3v) is 19.5. The van der Waals surface area contributed by atoms with Crippen LogP contribution in [0.4, 0.5) is 43.9 Å². The van der Waals surface area contributed by atoms with Crippen LogP contribution >= 0.6 is 23.5 Å². The summed E-state index contributed by atoms with van der Waals surface area (Å²) < 4.78 is 347. The molecular formula is C82H80F10N6O6S2. The van der Waals surface area contributed by atoms with Crippen molar-refractivity contribution < 1.29 is 93.1 Å². The number of benzene rings is 8. The average Bonchev–Trinajstić information content (AvgIpc) is 0.709. The van der Waals surface area contributed by atoms with E-state index >= 15 is 14.0 Å². The SMILES string of the molecule is [2H]C(C)(c1ccc(-c2ccc(C(F)(F)F)cc2)cc1)N(C(=O)C([2H])([2H])n1c(SCc2cccc(F)c2F)cc(=O)c2ccccc21)C1CCN(CCOC)CC1.[2H]c1c([2H])c(F)c(F)c(CSc2c([2H])c(=O)c3c([2H])c(C)c([2H])c([2H])c3n2C([2H])([2H])C(=O)N(C2CCN(CCOC)CC2)C([2H])([2H])c2c([2H])c([2H])c(-c3c([2H])c([2H])c(C(F)(F)F)c([2H])c3[2H])c([2H])c2[2H])c1[2H]. The fourth-order valence-electron chi connectivity index (χ4n) is 11.8. The van der Waals surface area contributed by atoms with Crippen LogP contribution in [0, 0.1) is 30.2 Å². The molecule has 2 fully saturated rings. The number of hydrogen-bond donors (Lipinski definition) is 0. The molecule has 106 heavy (non-hydrogen) atoms. The first-order valence-electron chi connectivity index (χ1n) is 43.9. The van der Waals surface area contributed by atoms with Crippen LogP contribution in [-0.2, 0) is 62.4 Å².